The maximum absolute atomic E-state index is 12.9. The summed E-state index contributed by atoms with van der Waals surface area (Å²) in [6.45, 7) is 0. The standard InChI is InChI=1S/C14H9ClF4N2O/c15-11-5-7(16)1-3-9(11)13(22)21-8-2-4-12(20)10(6-8)14(17,18)19/h1-6H,20H2,(H,21,22). The van der Waals surface area contributed by atoms with Crippen molar-refractivity contribution in [1.29, 1.82) is 0 Å². The number of anilines is 2. The summed E-state index contributed by atoms with van der Waals surface area (Å²) in [7, 11) is 0. The molecule has 0 aliphatic rings. The summed E-state index contributed by atoms with van der Waals surface area (Å²) in [5.74, 6) is -1.39. The number of hydrogen-bond acceptors (Lipinski definition) is 2. The lowest BCUT2D eigenvalue weighted by Gasteiger charge is -2.13. The Balaban J connectivity index is 2.29. The van der Waals surface area contributed by atoms with E-state index < -0.39 is 29.2 Å². The molecule has 22 heavy (non-hydrogen) atoms. The van der Waals surface area contributed by atoms with Gasteiger partial charge in [0.2, 0.25) is 0 Å². The number of nitrogens with two attached hydrogens (primary N) is 1. The Hall–Kier alpha value is -2.28. The molecule has 0 bridgehead atoms. The first-order valence-corrected chi connectivity index (χ1v) is 6.29. The lowest BCUT2D eigenvalue weighted by molar-refractivity contribution is -0.136. The van der Waals surface area contributed by atoms with E-state index in [1.165, 1.54) is 6.07 Å². The van der Waals surface area contributed by atoms with Gasteiger partial charge in [0.15, 0.2) is 0 Å². The van der Waals surface area contributed by atoms with Crippen molar-refractivity contribution in [3.63, 3.8) is 0 Å². The number of nitrogen functional groups attached to an aromatic ring is 1. The number of carbonyl (C=O) groups is 1. The molecule has 0 saturated heterocycles. The van der Waals surface area contributed by atoms with Gasteiger partial charge in [0, 0.05) is 11.4 Å². The summed E-state index contributed by atoms with van der Waals surface area (Å²) in [6, 6.07) is 6.05. The fourth-order valence-corrected chi connectivity index (χ4v) is 2.00. The Morgan fingerprint density at radius 3 is 2.41 bits per heavy atom. The normalized spacial score (nSPS) is 11.3. The van der Waals surface area contributed by atoms with Crippen molar-refractivity contribution >= 4 is 28.9 Å². The van der Waals surface area contributed by atoms with Crippen LogP contribution in [0.25, 0.3) is 0 Å². The minimum Gasteiger partial charge on any atom is -0.398 e. The lowest BCUT2D eigenvalue weighted by atomic mass is 10.1. The molecule has 0 aromatic heterocycles. The summed E-state index contributed by atoms with van der Waals surface area (Å²) >= 11 is 5.72. The predicted molar refractivity (Wildman–Crippen MR) is 75.2 cm³/mol. The van der Waals surface area contributed by atoms with E-state index in [-0.39, 0.29) is 16.3 Å². The van der Waals surface area contributed by atoms with Gasteiger partial charge in [0.1, 0.15) is 5.82 Å². The van der Waals surface area contributed by atoms with Gasteiger partial charge in [-0.15, -0.1) is 0 Å². The molecule has 0 aliphatic carbocycles. The van der Waals surface area contributed by atoms with Crippen molar-refractivity contribution in [3.05, 3.63) is 58.4 Å². The van der Waals surface area contributed by atoms with E-state index in [1.807, 2.05) is 0 Å². The molecule has 0 heterocycles. The molecule has 0 fully saturated rings. The predicted octanol–water partition coefficient (Wildman–Crippen LogP) is 4.33. The largest absolute Gasteiger partial charge is 0.418 e. The molecule has 0 unspecified atom stereocenters. The molecule has 3 N–H and O–H groups in total. The van der Waals surface area contributed by atoms with Crippen LogP contribution in [0.3, 0.4) is 0 Å². The number of amides is 1. The number of alkyl halides is 3. The van der Waals surface area contributed by atoms with Gasteiger partial charge in [0.05, 0.1) is 16.1 Å². The zero-order valence-corrected chi connectivity index (χ0v) is 11.6. The molecule has 0 aliphatic heterocycles. The Labute approximate surface area is 127 Å². The van der Waals surface area contributed by atoms with E-state index >= 15 is 0 Å². The van der Waals surface area contributed by atoms with Crippen LogP contribution in [0.5, 0.6) is 0 Å². The highest BCUT2D eigenvalue weighted by atomic mass is 35.5. The quantitative estimate of drug-likeness (QED) is 0.635. The van der Waals surface area contributed by atoms with Crippen molar-refractivity contribution in [2.24, 2.45) is 0 Å². The van der Waals surface area contributed by atoms with Gasteiger partial charge in [0.25, 0.3) is 5.91 Å². The van der Waals surface area contributed by atoms with Gasteiger partial charge in [-0.05, 0) is 36.4 Å². The minimum atomic E-state index is -4.64. The summed E-state index contributed by atoms with van der Waals surface area (Å²) in [6.07, 6.45) is -4.64. The number of hydrogen-bond donors (Lipinski definition) is 2. The number of carbonyl (C=O) groups excluding carboxylic acids is 1. The monoisotopic (exact) mass is 332 g/mol. The van der Waals surface area contributed by atoms with E-state index in [0.29, 0.717) is 6.07 Å². The molecule has 0 spiro atoms. The number of nitrogens with one attached hydrogen (secondary N) is 1. The zero-order chi connectivity index (χ0) is 16.5. The highest BCUT2D eigenvalue weighted by Gasteiger charge is 2.33. The van der Waals surface area contributed by atoms with Crippen LogP contribution in [0.4, 0.5) is 28.9 Å². The summed E-state index contributed by atoms with van der Waals surface area (Å²) in [5, 5.41) is 2.11. The summed E-state index contributed by atoms with van der Waals surface area (Å²) in [5.41, 5.74) is 3.58. The number of halogens is 5. The van der Waals surface area contributed by atoms with E-state index in [4.69, 9.17) is 17.3 Å². The van der Waals surface area contributed by atoms with Gasteiger partial charge in [-0.2, -0.15) is 13.2 Å². The number of benzene rings is 2. The molecule has 0 saturated carbocycles. The highest BCUT2D eigenvalue weighted by Crippen LogP contribution is 2.35. The van der Waals surface area contributed by atoms with E-state index in [9.17, 15) is 22.4 Å². The van der Waals surface area contributed by atoms with E-state index in [1.54, 1.807) is 0 Å². The second kappa shape index (κ2) is 5.84. The average Bonchev–Trinajstić information content (AvgIpc) is 2.39. The van der Waals surface area contributed by atoms with Crippen LogP contribution in [0, 0.1) is 5.82 Å². The molecule has 0 atom stereocenters. The third-order valence-electron chi connectivity index (χ3n) is 2.79. The minimum absolute atomic E-state index is 0.0616. The fourth-order valence-electron chi connectivity index (χ4n) is 1.75. The third-order valence-corrected chi connectivity index (χ3v) is 3.11. The Morgan fingerprint density at radius 2 is 1.82 bits per heavy atom. The molecule has 0 radical (unpaired) electrons. The molecular formula is C14H9ClF4N2O. The molecular weight excluding hydrogens is 324 g/mol. The molecule has 2 aromatic carbocycles. The van der Waals surface area contributed by atoms with Crippen LogP contribution in [-0.2, 0) is 6.18 Å². The van der Waals surface area contributed by atoms with E-state index in [2.05, 4.69) is 5.32 Å². The first kappa shape index (κ1) is 16.1. The molecule has 3 nitrogen and oxygen atoms in total. The van der Waals surface area contributed by atoms with Gasteiger partial charge in [-0.25, -0.2) is 4.39 Å². The second-order valence-electron chi connectivity index (χ2n) is 4.38. The average molecular weight is 333 g/mol. The Bertz CT molecular complexity index is 731. The zero-order valence-electron chi connectivity index (χ0n) is 10.8. The van der Waals surface area contributed by atoms with Crippen molar-refractivity contribution in [2.45, 2.75) is 6.18 Å². The first-order chi connectivity index (χ1) is 10.2. The molecule has 8 heteroatoms. The number of rotatable bonds is 2. The van der Waals surface area contributed by atoms with Gasteiger partial charge < -0.3 is 11.1 Å². The van der Waals surface area contributed by atoms with Crippen LogP contribution >= 0.6 is 11.6 Å². The maximum Gasteiger partial charge on any atom is 0.418 e. The van der Waals surface area contributed by atoms with Gasteiger partial charge in [-0.1, -0.05) is 11.6 Å². The second-order valence-corrected chi connectivity index (χ2v) is 4.79. The lowest BCUT2D eigenvalue weighted by Crippen LogP contribution is -2.14. The van der Waals surface area contributed by atoms with Crippen molar-refractivity contribution in [1.82, 2.24) is 0 Å². The van der Waals surface area contributed by atoms with Crippen molar-refractivity contribution in [3.8, 4) is 0 Å². The maximum atomic E-state index is 12.9. The Morgan fingerprint density at radius 1 is 1.14 bits per heavy atom. The highest BCUT2D eigenvalue weighted by molar-refractivity contribution is 6.34. The summed E-state index contributed by atoms with van der Waals surface area (Å²) < 4.78 is 51.1. The molecule has 116 valence electrons. The smallest absolute Gasteiger partial charge is 0.398 e. The first-order valence-electron chi connectivity index (χ1n) is 5.91. The third kappa shape index (κ3) is 3.48. The van der Waals surface area contributed by atoms with E-state index in [0.717, 1.165) is 24.3 Å². The summed E-state index contributed by atoms with van der Waals surface area (Å²) in [4.78, 5) is 12.0. The SMILES string of the molecule is Nc1ccc(NC(=O)c2ccc(F)cc2Cl)cc1C(F)(F)F. The van der Waals surface area contributed by atoms with Crippen molar-refractivity contribution in [2.75, 3.05) is 11.1 Å². The molecule has 2 rings (SSSR count). The van der Waals surface area contributed by atoms with Crippen LogP contribution in [0.2, 0.25) is 5.02 Å². The van der Waals surface area contributed by atoms with Crippen LogP contribution in [0.15, 0.2) is 36.4 Å². The van der Waals surface area contributed by atoms with Gasteiger partial charge >= 0.3 is 6.18 Å². The van der Waals surface area contributed by atoms with Crippen LogP contribution in [-0.4, -0.2) is 5.91 Å². The van der Waals surface area contributed by atoms with Crippen LogP contribution < -0.4 is 11.1 Å². The van der Waals surface area contributed by atoms with Gasteiger partial charge in [-0.3, -0.25) is 4.79 Å². The molecule has 2 aromatic rings. The Kier molecular flexibility index (Phi) is 4.27. The topological polar surface area (TPSA) is 55.1 Å². The van der Waals surface area contributed by atoms with Crippen LogP contribution in [0.1, 0.15) is 15.9 Å². The molecule has 1 amide bonds. The fraction of sp³-hybridized carbons (Fsp3) is 0.0714. The van der Waals surface area contributed by atoms with Crippen molar-refractivity contribution < 1.29 is 22.4 Å².